The van der Waals surface area contributed by atoms with E-state index in [0.717, 1.165) is 0 Å². The lowest BCUT2D eigenvalue weighted by Crippen LogP contribution is -2.23. The van der Waals surface area contributed by atoms with Crippen molar-refractivity contribution in [3.63, 3.8) is 0 Å². The summed E-state index contributed by atoms with van der Waals surface area (Å²) in [6.07, 6.45) is 1.38. The maximum atomic E-state index is 11.4. The summed E-state index contributed by atoms with van der Waals surface area (Å²) < 4.78 is 4.94. The summed E-state index contributed by atoms with van der Waals surface area (Å²) in [7, 11) is 0. The molecule has 1 atom stereocenters. The Morgan fingerprint density at radius 3 is 2.46 bits per heavy atom. The van der Waals surface area contributed by atoms with Gasteiger partial charge in [0.2, 0.25) is 0 Å². The Bertz CT molecular complexity index is 143. The number of hydrogen-bond acceptors (Lipinski definition) is 3. The van der Waals surface area contributed by atoms with Crippen LogP contribution in [0, 0.1) is 11.8 Å². The van der Waals surface area contributed by atoms with Crippen LogP contribution < -0.4 is 0 Å². The molecular formula is C10H20O3. The minimum Gasteiger partial charge on any atom is -0.466 e. The van der Waals surface area contributed by atoms with Gasteiger partial charge in [-0.25, -0.2) is 0 Å². The van der Waals surface area contributed by atoms with Gasteiger partial charge >= 0.3 is 5.97 Å². The van der Waals surface area contributed by atoms with Crippen LogP contribution in [0.3, 0.4) is 0 Å². The third-order valence-electron chi connectivity index (χ3n) is 2.07. The van der Waals surface area contributed by atoms with Crippen molar-refractivity contribution in [1.29, 1.82) is 0 Å². The fourth-order valence-corrected chi connectivity index (χ4v) is 1.28. The molecule has 0 heterocycles. The molecule has 1 N–H and O–H groups in total. The van der Waals surface area contributed by atoms with Crippen molar-refractivity contribution in [2.45, 2.75) is 33.6 Å². The number of carbonyl (C=O) groups excluding carboxylic acids is 1. The predicted molar refractivity (Wildman–Crippen MR) is 51.3 cm³/mol. The first-order chi connectivity index (χ1) is 6.13. The zero-order chi connectivity index (χ0) is 10.3. The molecule has 0 saturated heterocycles. The summed E-state index contributed by atoms with van der Waals surface area (Å²) >= 11 is 0. The molecule has 0 radical (unpaired) electrons. The molecule has 0 fully saturated rings. The van der Waals surface area contributed by atoms with E-state index in [9.17, 15) is 4.79 Å². The summed E-state index contributed by atoms with van der Waals surface area (Å²) in [5.41, 5.74) is 0. The largest absolute Gasteiger partial charge is 0.466 e. The molecule has 0 aromatic heterocycles. The first kappa shape index (κ1) is 12.4. The molecular weight excluding hydrogens is 168 g/mol. The lowest BCUT2D eigenvalue weighted by atomic mass is 9.91. The average Bonchev–Trinajstić information content (AvgIpc) is 2.05. The fourth-order valence-electron chi connectivity index (χ4n) is 1.28. The number of aliphatic hydroxyl groups is 1. The molecule has 0 amide bonds. The van der Waals surface area contributed by atoms with Gasteiger partial charge in [0.1, 0.15) is 0 Å². The highest BCUT2D eigenvalue weighted by Gasteiger charge is 2.22. The summed E-state index contributed by atoms with van der Waals surface area (Å²) in [4.78, 5) is 11.4. The Hall–Kier alpha value is -0.570. The van der Waals surface area contributed by atoms with Crippen LogP contribution in [0.2, 0.25) is 0 Å². The van der Waals surface area contributed by atoms with Crippen molar-refractivity contribution in [3.05, 3.63) is 0 Å². The first-order valence-corrected chi connectivity index (χ1v) is 4.91. The van der Waals surface area contributed by atoms with E-state index in [1.54, 1.807) is 6.92 Å². The lowest BCUT2D eigenvalue weighted by Gasteiger charge is -2.18. The van der Waals surface area contributed by atoms with Gasteiger partial charge in [-0.05, 0) is 25.7 Å². The number of rotatable bonds is 6. The molecule has 13 heavy (non-hydrogen) atoms. The van der Waals surface area contributed by atoms with Crippen molar-refractivity contribution in [2.75, 3.05) is 13.2 Å². The minimum absolute atomic E-state index is 0.0629. The third-order valence-corrected chi connectivity index (χ3v) is 2.07. The number of aliphatic hydroxyl groups excluding tert-OH is 1. The van der Waals surface area contributed by atoms with E-state index in [4.69, 9.17) is 9.84 Å². The van der Waals surface area contributed by atoms with Gasteiger partial charge in [-0.15, -0.1) is 0 Å². The zero-order valence-electron chi connectivity index (χ0n) is 8.75. The zero-order valence-corrected chi connectivity index (χ0v) is 8.75. The SMILES string of the molecule is CCOC(=O)C(CCCO)C(C)C. The molecule has 0 spiro atoms. The van der Waals surface area contributed by atoms with Crippen LogP contribution in [0.5, 0.6) is 0 Å². The van der Waals surface area contributed by atoms with E-state index in [2.05, 4.69) is 0 Å². The smallest absolute Gasteiger partial charge is 0.309 e. The molecule has 3 nitrogen and oxygen atoms in total. The van der Waals surface area contributed by atoms with E-state index < -0.39 is 0 Å². The van der Waals surface area contributed by atoms with Crippen molar-refractivity contribution < 1.29 is 14.6 Å². The van der Waals surface area contributed by atoms with Crippen LogP contribution in [0.4, 0.5) is 0 Å². The van der Waals surface area contributed by atoms with Gasteiger partial charge in [-0.1, -0.05) is 13.8 Å². The standard InChI is InChI=1S/C10H20O3/c1-4-13-10(12)9(8(2)3)6-5-7-11/h8-9,11H,4-7H2,1-3H3. The molecule has 1 unspecified atom stereocenters. The molecule has 0 aliphatic rings. The van der Waals surface area contributed by atoms with E-state index >= 15 is 0 Å². The maximum absolute atomic E-state index is 11.4. The minimum atomic E-state index is -0.133. The van der Waals surface area contributed by atoms with Crippen molar-refractivity contribution in [2.24, 2.45) is 11.8 Å². The van der Waals surface area contributed by atoms with Crippen molar-refractivity contribution >= 4 is 5.97 Å². The lowest BCUT2D eigenvalue weighted by molar-refractivity contribution is -0.149. The molecule has 0 bridgehead atoms. The molecule has 78 valence electrons. The van der Waals surface area contributed by atoms with Gasteiger partial charge < -0.3 is 9.84 Å². The molecule has 0 aliphatic heterocycles. The van der Waals surface area contributed by atoms with E-state index in [1.165, 1.54) is 0 Å². The van der Waals surface area contributed by atoms with E-state index in [0.29, 0.717) is 19.4 Å². The second-order valence-electron chi connectivity index (χ2n) is 3.47. The maximum Gasteiger partial charge on any atom is 0.309 e. The Labute approximate surface area is 80.1 Å². The van der Waals surface area contributed by atoms with Crippen molar-refractivity contribution in [1.82, 2.24) is 0 Å². The van der Waals surface area contributed by atoms with Crippen LogP contribution in [0.15, 0.2) is 0 Å². The summed E-state index contributed by atoms with van der Waals surface area (Å²) in [5.74, 6) is 0.0867. The normalized spacial score (nSPS) is 13.0. The van der Waals surface area contributed by atoms with Gasteiger partial charge in [0.15, 0.2) is 0 Å². The highest BCUT2D eigenvalue weighted by atomic mass is 16.5. The molecule has 0 aromatic rings. The molecule has 3 heteroatoms. The predicted octanol–water partition coefficient (Wildman–Crippen LogP) is 1.59. The van der Waals surface area contributed by atoms with Crippen LogP contribution >= 0.6 is 0 Å². The number of carbonyl (C=O) groups is 1. The second-order valence-corrected chi connectivity index (χ2v) is 3.47. The van der Waals surface area contributed by atoms with Gasteiger partial charge in [0, 0.05) is 6.61 Å². The van der Waals surface area contributed by atoms with Gasteiger partial charge in [0.05, 0.1) is 12.5 Å². The number of esters is 1. The Kier molecular flexibility index (Phi) is 6.59. The Morgan fingerprint density at radius 2 is 2.08 bits per heavy atom. The Morgan fingerprint density at radius 1 is 1.46 bits per heavy atom. The molecule has 0 saturated carbocycles. The summed E-state index contributed by atoms with van der Waals surface area (Å²) in [6.45, 7) is 6.38. The topological polar surface area (TPSA) is 46.5 Å². The Balaban J connectivity index is 3.99. The van der Waals surface area contributed by atoms with E-state index in [1.807, 2.05) is 13.8 Å². The summed E-state index contributed by atoms with van der Waals surface area (Å²) in [6, 6.07) is 0. The van der Waals surface area contributed by atoms with Crippen LogP contribution in [-0.2, 0) is 9.53 Å². The quantitative estimate of drug-likeness (QED) is 0.644. The number of ether oxygens (including phenoxy) is 1. The highest BCUT2D eigenvalue weighted by molar-refractivity contribution is 5.72. The second kappa shape index (κ2) is 6.89. The average molecular weight is 188 g/mol. The summed E-state index contributed by atoms with van der Waals surface area (Å²) in [5, 5.41) is 8.66. The third kappa shape index (κ3) is 4.88. The molecule has 0 aromatic carbocycles. The van der Waals surface area contributed by atoms with Gasteiger partial charge in [-0.2, -0.15) is 0 Å². The van der Waals surface area contributed by atoms with Crippen LogP contribution in [0.1, 0.15) is 33.6 Å². The number of hydrogen-bond donors (Lipinski definition) is 1. The van der Waals surface area contributed by atoms with E-state index in [-0.39, 0.29) is 24.4 Å². The van der Waals surface area contributed by atoms with Crippen LogP contribution in [-0.4, -0.2) is 24.3 Å². The van der Waals surface area contributed by atoms with Gasteiger partial charge in [-0.3, -0.25) is 4.79 Å². The van der Waals surface area contributed by atoms with Crippen LogP contribution in [0.25, 0.3) is 0 Å². The molecule has 0 rings (SSSR count). The van der Waals surface area contributed by atoms with Gasteiger partial charge in [0.25, 0.3) is 0 Å². The molecule has 0 aliphatic carbocycles. The fraction of sp³-hybridized carbons (Fsp3) is 0.900. The first-order valence-electron chi connectivity index (χ1n) is 4.91. The monoisotopic (exact) mass is 188 g/mol. The van der Waals surface area contributed by atoms with Crippen molar-refractivity contribution in [3.8, 4) is 0 Å². The highest BCUT2D eigenvalue weighted by Crippen LogP contribution is 2.18.